The molecule has 16 heavy (non-hydrogen) atoms. The van der Waals surface area contributed by atoms with Gasteiger partial charge in [-0.1, -0.05) is 72.0 Å². The van der Waals surface area contributed by atoms with E-state index in [1.807, 2.05) is 6.08 Å². The summed E-state index contributed by atoms with van der Waals surface area (Å²) in [5.74, 6) is 0. The summed E-state index contributed by atoms with van der Waals surface area (Å²) >= 11 is 5.33. The lowest BCUT2D eigenvalue weighted by molar-refractivity contribution is 0.413. The number of hydrogen-bond donors (Lipinski definition) is 0. The minimum Gasteiger partial charge on any atom is -0.0958 e. The van der Waals surface area contributed by atoms with Crippen molar-refractivity contribution in [3.63, 3.8) is 0 Å². The Morgan fingerprint density at radius 1 is 0.938 bits per heavy atom. The molecule has 92 valence electrons. The van der Waals surface area contributed by atoms with Crippen LogP contribution in [0.4, 0.5) is 0 Å². The van der Waals surface area contributed by atoms with Crippen molar-refractivity contribution >= 4 is 17.1 Å². The highest BCUT2D eigenvalue weighted by Gasteiger charge is 2.12. The number of hydrogen-bond acceptors (Lipinski definition) is 1. The fourth-order valence-corrected chi connectivity index (χ4v) is 2.03. The predicted octanol–water partition coefficient (Wildman–Crippen LogP) is 5.34. The fraction of sp³-hybridized carbons (Fsp3) is 0.667. The second-order valence-corrected chi connectivity index (χ2v) is 7.46. The molecule has 0 rings (SSSR count). The molecule has 0 nitrogen and oxygen atoms in total. The van der Waals surface area contributed by atoms with Crippen LogP contribution in [0.1, 0.15) is 54.4 Å². The normalized spacial score (nSPS) is 13.1. The number of rotatable bonds is 4. The van der Waals surface area contributed by atoms with Crippen LogP contribution in [0.5, 0.6) is 0 Å². The van der Waals surface area contributed by atoms with Gasteiger partial charge in [0.1, 0.15) is 0 Å². The van der Waals surface area contributed by atoms with E-state index < -0.39 is 0 Å². The summed E-state index contributed by atoms with van der Waals surface area (Å²) in [5, 5.41) is 0. The highest BCUT2D eigenvalue weighted by molar-refractivity contribution is 7.80. The van der Waals surface area contributed by atoms with E-state index >= 15 is 0 Å². The van der Waals surface area contributed by atoms with Crippen molar-refractivity contribution in [2.75, 3.05) is 0 Å². The molecular formula is C15H26S. The Kier molecular flexibility index (Phi) is 5.61. The molecular weight excluding hydrogens is 212 g/mol. The van der Waals surface area contributed by atoms with Crippen LogP contribution in [0.15, 0.2) is 24.3 Å². The molecule has 0 aliphatic heterocycles. The van der Waals surface area contributed by atoms with E-state index in [-0.39, 0.29) is 5.41 Å². The smallest absolute Gasteiger partial charge is 0.0157 e. The molecule has 0 spiro atoms. The lowest BCUT2D eigenvalue weighted by atomic mass is 9.87. The van der Waals surface area contributed by atoms with Crippen molar-refractivity contribution in [3.8, 4) is 0 Å². The standard InChI is InChI=1S/C15H26S/c1-12(10-14(2,3)4)8-9-13(16)11-15(5,6)7/h8-9H,1,10-11H2,2-7H3/b9-8+. The molecule has 0 N–H and O–H groups in total. The van der Waals surface area contributed by atoms with Crippen molar-refractivity contribution in [1.29, 1.82) is 0 Å². The molecule has 0 fully saturated rings. The molecule has 0 aromatic carbocycles. The van der Waals surface area contributed by atoms with Crippen LogP contribution in [0.2, 0.25) is 0 Å². The Hall–Kier alpha value is -0.430. The Bertz CT molecular complexity index is 252. The van der Waals surface area contributed by atoms with Crippen LogP contribution >= 0.6 is 12.2 Å². The largest absolute Gasteiger partial charge is 0.0958 e. The van der Waals surface area contributed by atoms with Crippen molar-refractivity contribution in [2.24, 2.45) is 10.8 Å². The molecule has 0 amide bonds. The Balaban J connectivity index is 4.20. The van der Waals surface area contributed by atoms with E-state index in [2.05, 4.69) is 54.2 Å². The molecule has 0 unspecified atom stereocenters. The first-order chi connectivity index (χ1) is 6.99. The van der Waals surface area contributed by atoms with Gasteiger partial charge in [0.05, 0.1) is 0 Å². The lowest BCUT2D eigenvalue weighted by Gasteiger charge is -2.18. The molecule has 1 heteroatoms. The van der Waals surface area contributed by atoms with Gasteiger partial charge in [0.15, 0.2) is 0 Å². The van der Waals surface area contributed by atoms with Crippen LogP contribution in [0.3, 0.4) is 0 Å². The van der Waals surface area contributed by atoms with Crippen LogP contribution < -0.4 is 0 Å². The summed E-state index contributed by atoms with van der Waals surface area (Å²) in [6.07, 6.45) is 6.08. The van der Waals surface area contributed by atoms with Gasteiger partial charge in [-0.3, -0.25) is 0 Å². The zero-order valence-corrected chi connectivity index (χ0v) is 12.5. The highest BCUT2D eigenvalue weighted by atomic mass is 32.1. The van der Waals surface area contributed by atoms with Crippen molar-refractivity contribution < 1.29 is 0 Å². The zero-order chi connectivity index (χ0) is 13.0. The van der Waals surface area contributed by atoms with Gasteiger partial charge in [0.2, 0.25) is 0 Å². The molecule has 0 radical (unpaired) electrons. The number of allylic oxidation sites excluding steroid dienone is 3. The quantitative estimate of drug-likeness (QED) is 0.362. The van der Waals surface area contributed by atoms with E-state index in [4.69, 9.17) is 12.2 Å². The highest BCUT2D eigenvalue weighted by Crippen LogP contribution is 2.24. The van der Waals surface area contributed by atoms with E-state index in [0.29, 0.717) is 5.41 Å². The zero-order valence-electron chi connectivity index (χ0n) is 11.7. The Morgan fingerprint density at radius 3 is 1.75 bits per heavy atom. The predicted molar refractivity (Wildman–Crippen MR) is 79.0 cm³/mol. The summed E-state index contributed by atoms with van der Waals surface area (Å²) in [7, 11) is 0. The van der Waals surface area contributed by atoms with Gasteiger partial charge in [-0.2, -0.15) is 0 Å². The third kappa shape index (κ3) is 10.1. The third-order valence-corrected chi connectivity index (χ3v) is 2.25. The van der Waals surface area contributed by atoms with E-state index in [1.54, 1.807) is 0 Å². The molecule has 0 bridgehead atoms. The Labute approximate surface area is 107 Å². The molecule has 0 heterocycles. The van der Waals surface area contributed by atoms with Crippen LogP contribution in [0, 0.1) is 10.8 Å². The summed E-state index contributed by atoms with van der Waals surface area (Å²) in [6, 6.07) is 0. The lowest BCUT2D eigenvalue weighted by Crippen LogP contribution is -2.09. The molecule has 0 atom stereocenters. The van der Waals surface area contributed by atoms with Crippen LogP contribution in [-0.2, 0) is 0 Å². The second-order valence-electron chi connectivity index (χ2n) is 6.93. The van der Waals surface area contributed by atoms with Gasteiger partial charge in [-0.15, -0.1) is 0 Å². The summed E-state index contributed by atoms with van der Waals surface area (Å²) in [4.78, 5) is 1.02. The first-order valence-electron chi connectivity index (χ1n) is 5.88. The summed E-state index contributed by atoms with van der Waals surface area (Å²) < 4.78 is 0. The van der Waals surface area contributed by atoms with Gasteiger partial charge >= 0.3 is 0 Å². The van der Waals surface area contributed by atoms with Gasteiger partial charge in [-0.05, 0) is 29.7 Å². The molecule has 0 aromatic heterocycles. The SMILES string of the molecule is C=C(/C=C/C(=S)CC(C)(C)C)CC(C)(C)C. The molecule has 0 saturated carbocycles. The van der Waals surface area contributed by atoms with Gasteiger partial charge in [0, 0.05) is 4.86 Å². The average Bonchev–Trinajstić information content (AvgIpc) is 1.94. The maximum absolute atomic E-state index is 5.33. The van der Waals surface area contributed by atoms with Gasteiger partial charge in [-0.25, -0.2) is 0 Å². The Morgan fingerprint density at radius 2 is 1.38 bits per heavy atom. The van der Waals surface area contributed by atoms with Crippen molar-refractivity contribution in [3.05, 3.63) is 24.3 Å². The molecule has 0 aliphatic rings. The molecule has 0 aromatic rings. The topological polar surface area (TPSA) is 0 Å². The molecule has 0 saturated heterocycles. The van der Waals surface area contributed by atoms with Crippen LogP contribution in [-0.4, -0.2) is 4.86 Å². The van der Waals surface area contributed by atoms with Crippen molar-refractivity contribution in [2.45, 2.75) is 54.4 Å². The first kappa shape index (κ1) is 15.6. The minimum atomic E-state index is 0.271. The minimum absolute atomic E-state index is 0.271. The monoisotopic (exact) mass is 238 g/mol. The molecule has 0 aliphatic carbocycles. The van der Waals surface area contributed by atoms with E-state index in [0.717, 1.165) is 23.3 Å². The third-order valence-electron chi connectivity index (χ3n) is 1.97. The fourth-order valence-electron chi connectivity index (χ4n) is 1.53. The second kappa shape index (κ2) is 5.77. The maximum atomic E-state index is 5.33. The van der Waals surface area contributed by atoms with Gasteiger partial charge < -0.3 is 0 Å². The summed E-state index contributed by atoms with van der Waals surface area (Å²) in [5.41, 5.74) is 1.73. The van der Waals surface area contributed by atoms with E-state index in [9.17, 15) is 0 Å². The average molecular weight is 238 g/mol. The number of thiocarbonyl (C=S) groups is 1. The maximum Gasteiger partial charge on any atom is 0.0157 e. The van der Waals surface area contributed by atoms with E-state index in [1.165, 1.54) is 0 Å². The van der Waals surface area contributed by atoms with Gasteiger partial charge in [0.25, 0.3) is 0 Å². The summed E-state index contributed by atoms with van der Waals surface area (Å²) in [6.45, 7) is 17.3. The van der Waals surface area contributed by atoms with Crippen LogP contribution in [0.25, 0.3) is 0 Å². The van der Waals surface area contributed by atoms with Crippen molar-refractivity contribution in [1.82, 2.24) is 0 Å². The first-order valence-corrected chi connectivity index (χ1v) is 6.29.